The molecule has 1 aromatic carbocycles. The third-order valence-electron chi connectivity index (χ3n) is 2.52. The van der Waals surface area contributed by atoms with Gasteiger partial charge in [0.25, 0.3) is 0 Å². The molecule has 1 fully saturated rings. The number of hydrogen-bond acceptors (Lipinski definition) is 3. The highest BCUT2D eigenvalue weighted by atomic mass is 16.3. The lowest BCUT2D eigenvalue weighted by atomic mass is 10.0. The summed E-state index contributed by atoms with van der Waals surface area (Å²) >= 11 is 0. The lowest BCUT2D eigenvalue weighted by Gasteiger charge is -2.27. The molecule has 0 spiro atoms. The first-order valence-electron chi connectivity index (χ1n) is 5.28. The molecule has 86 valence electrons. The van der Waals surface area contributed by atoms with Crippen molar-refractivity contribution in [2.45, 2.75) is 0 Å². The van der Waals surface area contributed by atoms with Crippen LogP contribution in [0, 0.1) is 5.92 Å². The summed E-state index contributed by atoms with van der Waals surface area (Å²) in [5.41, 5.74) is 0.587. The Morgan fingerprint density at radius 2 is 2.31 bits per heavy atom. The Labute approximate surface area is 93.9 Å². The van der Waals surface area contributed by atoms with Gasteiger partial charge < -0.3 is 21.1 Å². The van der Waals surface area contributed by atoms with E-state index in [9.17, 15) is 9.90 Å². The van der Waals surface area contributed by atoms with E-state index in [4.69, 9.17) is 0 Å². The largest absolute Gasteiger partial charge is 0.508 e. The van der Waals surface area contributed by atoms with Gasteiger partial charge in [-0.05, 0) is 12.1 Å². The molecule has 1 saturated heterocycles. The SMILES string of the molecule is O=C(NCC1CNC1)Nc1cccc(O)c1. The summed E-state index contributed by atoms with van der Waals surface area (Å²) in [6, 6.07) is 6.23. The molecule has 0 saturated carbocycles. The van der Waals surface area contributed by atoms with Gasteiger partial charge in [-0.25, -0.2) is 4.79 Å². The van der Waals surface area contributed by atoms with E-state index < -0.39 is 0 Å². The molecule has 0 radical (unpaired) electrons. The molecular formula is C11H15N3O2. The quantitative estimate of drug-likeness (QED) is 0.608. The fraction of sp³-hybridized carbons (Fsp3) is 0.364. The summed E-state index contributed by atoms with van der Waals surface area (Å²) in [5.74, 6) is 0.677. The zero-order valence-corrected chi connectivity index (χ0v) is 8.86. The molecule has 0 aliphatic carbocycles. The van der Waals surface area contributed by atoms with Gasteiger partial charge in [0.15, 0.2) is 0 Å². The smallest absolute Gasteiger partial charge is 0.319 e. The number of phenolic OH excluding ortho intramolecular Hbond substituents is 1. The number of anilines is 1. The van der Waals surface area contributed by atoms with Crippen LogP contribution in [-0.2, 0) is 0 Å². The van der Waals surface area contributed by atoms with Gasteiger partial charge in [-0.2, -0.15) is 0 Å². The topological polar surface area (TPSA) is 73.4 Å². The fourth-order valence-electron chi connectivity index (χ4n) is 1.49. The predicted octanol–water partition coefficient (Wildman–Crippen LogP) is 0.733. The highest BCUT2D eigenvalue weighted by Gasteiger charge is 2.16. The van der Waals surface area contributed by atoms with E-state index in [2.05, 4.69) is 16.0 Å². The number of urea groups is 1. The van der Waals surface area contributed by atoms with Crippen molar-refractivity contribution >= 4 is 11.7 Å². The van der Waals surface area contributed by atoms with Crippen LogP contribution < -0.4 is 16.0 Å². The Morgan fingerprint density at radius 3 is 2.94 bits per heavy atom. The maximum absolute atomic E-state index is 11.4. The summed E-state index contributed by atoms with van der Waals surface area (Å²) in [6.07, 6.45) is 0. The van der Waals surface area contributed by atoms with Crippen molar-refractivity contribution in [1.82, 2.24) is 10.6 Å². The van der Waals surface area contributed by atoms with Crippen LogP contribution in [0.15, 0.2) is 24.3 Å². The van der Waals surface area contributed by atoms with E-state index in [0.717, 1.165) is 13.1 Å². The number of carbonyl (C=O) groups excluding carboxylic acids is 1. The Balaban J connectivity index is 1.77. The van der Waals surface area contributed by atoms with Gasteiger partial charge in [-0.15, -0.1) is 0 Å². The molecule has 1 aliphatic heterocycles. The first kappa shape index (κ1) is 10.8. The average Bonchev–Trinajstić information content (AvgIpc) is 2.15. The Bertz CT molecular complexity index is 377. The minimum Gasteiger partial charge on any atom is -0.508 e. The van der Waals surface area contributed by atoms with Gasteiger partial charge in [0.2, 0.25) is 0 Å². The zero-order valence-electron chi connectivity index (χ0n) is 8.86. The van der Waals surface area contributed by atoms with Crippen molar-refractivity contribution < 1.29 is 9.90 Å². The molecule has 4 N–H and O–H groups in total. The second kappa shape index (κ2) is 4.85. The van der Waals surface area contributed by atoms with E-state index in [-0.39, 0.29) is 11.8 Å². The second-order valence-electron chi connectivity index (χ2n) is 3.91. The standard InChI is InChI=1S/C11H15N3O2/c15-10-3-1-2-9(4-10)14-11(16)13-7-8-5-12-6-8/h1-4,8,12,15H,5-7H2,(H2,13,14,16). The molecule has 0 atom stereocenters. The van der Waals surface area contributed by atoms with Crippen LogP contribution in [-0.4, -0.2) is 30.8 Å². The molecule has 0 unspecified atom stereocenters. The fourth-order valence-corrected chi connectivity index (χ4v) is 1.49. The van der Waals surface area contributed by atoms with Crippen molar-refractivity contribution in [1.29, 1.82) is 0 Å². The molecule has 2 amide bonds. The van der Waals surface area contributed by atoms with Crippen LogP contribution in [0.2, 0.25) is 0 Å². The highest BCUT2D eigenvalue weighted by Crippen LogP contribution is 2.14. The van der Waals surface area contributed by atoms with Gasteiger partial charge in [-0.1, -0.05) is 6.07 Å². The number of phenols is 1. The number of aromatic hydroxyl groups is 1. The highest BCUT2D eigenvalue weighted by molar-refractivity contribution is 5.89. The van der Waals surface area contributed by atoms with Gasteiger partial charge in [0.1, 0.15) is 5.75 Å². The normalized spacial score (nSPS) is 15.2. The minimum absolute atomic E-state index is 0.140. The first-order valence-corrected chi connectivity index (χ1v) is 5.28. The molecular weight excluding hydrogens is 206 g/mol. The molecule has 1 aliphatic rings. The maximum atomic E-state index is 11.4. The first-order chi connectivity index (χ1) is 7.74. The van der Waals surface area contributed by atoms with Crippen molar-refractivity contribution in [3.8, 4) is 5.75 Å². The lowest BCUT2D eigenvalue weighted by Crippen LogP contribution is -2.48. The van der Waals surface area contributed by atoms with Gasteiger partial charge >= 0.3 is 6.03 Å². The van der Waals surface area contributed by atoms with Gasteiger partial charge in [-0.3, -0.25) is 0 Å². The van der Waals surface area contributed by atoms with Crippen LogP contribution in [0.5, 0.6) is 5.75 Å². The molecule has 1 aromatic rings. The maximum Gasteiger partial charge on any atom is 0.319 e. The van der Waals surface area contributed by atoms with Crippen LogP contribution in [0.3, 0.4) is 0 Å². The third-order valence-corrected chi connectivity index (χ3v) is 2.52. The summed E-state index contributed by atoms with van der Waals surface area (Å²) < 4.78 is 0. The number of rotatable bonds is 3. The average molecular weight is 221 g/mol. The molecule has 5 heteroatoms. The summed E-state index contributed by atoms with van der Waals surface area (Å²) in [4.78, 5) is 11.4. The summed E-state index contributed by atoms with van der Waals surface area (Å²) in [7, 11) is 0. The Hall–Kier alpha value is -1.75. The third kappa shape index (κ3) is 2.87. The molecule has 1 heterocycles. The van der Waals surface area contributed by atoms with Crippen LogP contribution in [0.25, 0.3) is 0 Å². The lowest BCUT2D eigenvalue weighted by molar-refractivity contribution is 0.246. The molecule has 5 nitrogen and oxygen atoms in total. The molecule has 0 aromatic heterocycles. The van der Waals surface area contributed by atoms with Crippen molar-refractivity contribution in [2.75, 3.05) is 25.0 Å². The van der Waals surface area contributed by atoms with E-state index in [1.54, 1.807) is 18.2 Å². The monoisotopic (exact) mass is 221 g/mol. The number of hydrogen-bond donors (Lipinski definition) is 4. The van der Waals surface area contributed by atoms with Gasteiger partial charge in [0, 0.05) is 37.3 Å². The van der Waals surface area contributed by atoms with E-state index in [0.29, 0.717) is 18.2 Å². The van der Waals surface area contributed by atoms with Crippen molar-refractivity contribution in [3.05, 3.63) is 24.3 Å². The van der Waals surface area contributed by atoms with Crippen molar-refractivity contribution in [3.63, 3.8) is 0 Å². The van der Waals surface area contributed by atoms with Crippen LogP contribution in [0.1, 0.15) is 0 Å². The van der Waals surface area contributed by atoms with E-state index in [1.165, 1.54) is 6.07 Å². The van der Waals surface area contributed by atoms with E-state index in [1.807, 2.05) is 0 Å². The molecule has 2 rings (SSSR count). The molecule has 0 bridgehead atoms. The molecule has 16 heavy (non-hydrogen) atoms. The van der Waals surface area contributed by atoms with Crippen LogP contribution >= 0.6 is 0 Å². The summed E-state index contributed by atoms with van der Waals surface area (Å²) in [6.45, 7) is 2.61. The number of carbonyl (C=O) groups is 1. The minimum atomic E-state index is -0.238. The Morgan fingerprint density at radius 1 is 1.50 bits per heavy atom. The van der Waals surface area contributed by atoms with Crippen LogP contribution in [0.4, 0.5) is 10.5 Å². The van der Waals surface area contributed by atoms with Crippen molar-refractivity contribution in [2.24, 2.45) is 5.92 Å². The zero-order chi connectivity index (χ0) is 11.4. The number of benzene rings is 1. The predicted molar refractivity (Wildman–Crippen MR) is 61.5 cm³/mol. The number of amides is 2. The second-order valence-corrected chi connectivity index (χ2v) is 3.91. The van der Waals surface area contributed by atoms with E-state index >= 15 is 0 Å². The summed E-state index contributed by atoms with van der Waals surface area (Å²) in [5, 5.41) is 17.8. The number of nitrogens with one attached hydrogen (secondary N) is 3. The van der Waals surface area contributed by atoms with Gasteiger partial charge in [0.05, 0.1) is 0 Å². The Kier molecular flexibility index (Phi) is 3.26.